The Morgan fingerprint density at radius 1 is 0.938 bits per heavy atom. The molecule has 3 amide bonds. The third kappa shape index (κ3) is 10.3. The van der Waals surface area contributed by atoms with Gasteiger partial charge in [0.1, 0.15) is 12.1 Å². The van der Waals surface area contributed by atoms with E-state index in [-0.39, 0.29) is 0 Å². The van der Waals surface area contributed by atoms with Gasteiger partial charge in [0.25, 0.3) is 0 Å². The summed E-state index contributed by atoms with van der Waals surface area (Å²) in [4.78, 5) is 60.2. The number of carboxylic acids is 2. The Hall–Kier alpha value is -2.38. The second-order valence-electron chi connectivity index (χ2n) is 7.48. The van der Waals surface area contributed by atoms with Crippen LogP contribution in [0.25, 0.3) is 0 Å². The van der Waals surface area contributed by atoms with Crippen molar-refractivity contribution < 1.29 is 39.3 Å². The number of thioether (sulfide) groups is 1. The van der Waals surface area contributed by atoms with Crippen molar-refractivity contribution >= 4 is 41.4 Å². The molecule has 32 heavy (non-hydrogen) atoms. The first-order chi connectivity index (χ1) is 14.8. The highest BCUT2D eigenvalue weighted by atomic mass is 32.2. The molecule has 184 valence electrons. The maximum Gasteiger partial charge on any atom is 0.328 e. The van der Waals surface area contributed by atoms with E-state index in [1.54, 1.807) is 13.8 Å². The number of aliphatic carboxylic acids is 2. The molecule has 0 aromatic carbocycles. The Balaban J connectivity index is 5.52. The molecule has 0 aliphatic heterocycles. The first kappa shape index (κ1) is 29.6. The van der Waals surface area contributed by atoms with Crippen LogP contribution >= 0.6 is 11.8 Å². The molecule has 6 unspecified atom stereocenters. The van der Waals surface area contributed by atoms with Gasteiger partial charge >= 0.3 is 11.9 Å². The number of nitrogens with two attached hydrogens (primary N) is 1. The van der Waals surface area contributed by atoms with Crippen molar-refractivity contribution in [2.45, 2.75) is 70.3 Å². The van der Waals surface area contributed by atoms with E-state index in [9.17, 15) is 29.1 Å². The Morgan fingerprint density at radius 3 is 1.94 bits per heavy atom. The first-order valence-electron chi connectivity index (χ1n) is 10.1. The predicted molar refractivity (Wildman–Crippen MR) is 118 cm³/mol. The van der Waals surface area contributed by atoms with Gasteiger partial charge in [0, 0.05) is 0 Å². The predicted octanol–water partition coefficient (Wildman–Crippen LogP) is -1.49. The molecule has 0 aromatic rings. The number of aliphatic hydroxyl groups excluding tert-OH is 1. The van der Waals surface area contributed by atoms with Crippen LogP contribution in [0.3, 0.4) is 0 Å². The fourth-order valence-corrected chi connectivity index (χ4v) is 3.12. The number of amides is 3. The number of carbonyl (C=O) groups excluding carboxylic acids is 3. The van der Waals surface area contributed by atoms with E-state index < -0.39 is 72.3 Å². The molecule has 0 bridgehead atoms. The van der Waals surface area contributed by atoms with Gasteiger partial charge in [-0.2, -0.15) is 11.8 Å². The molecular formula is C19H34N4O8S. The van der Waals surface area contributed by atoms with Crippen LogP contribution < -0.4 is 21.7 Å². The van der Waals surface area contributed by atoms with Crippen LogP contribution in [0.15, 0.2) is 0 Å². The number of hydrogen-bond donors (Lipinski definition) is 7. The second kappa shape index (κ2) is 14.6. The Kier molecular flexibility index (Phi) is 13.5. The molecule has 0 fully saturated rings. The second-order valence-corrected chi connectivity index (χ2v) is 8.47. The van der Waals surface area contributed by atoms with E-state index in [2.05, 4.69) is 16.0 Å². The highest BCUT2D eigenvalue weighted by Gasteiger charge is 2.34. The van der Waals surface area contributed by atoms with Gasteiger partial charge < -0.3 is 37.0 Å². The van der Waals surface area contributed by atoms with Gasteiger partial charge in [-0.25, -0.2) is 4.79 Å². The zero-order valence-corrected chi connectivity index (χ0v) is 19.5. The van der Waals surface area contributed by atoms with Crippen molar-refractivity contribution in [2.75, 3.05) is 12.0 Å². The monoisotopic (exact) mass is 478 g/mol. The van der Waals surface area contributed by atoms with E-state index >= 15 is 0 Å². The fourth-order valence-electron chi connectivity index (χ4n) is 2.63. The van der Waals surface area contributed by atoms with Crippen molar-refractivity contribution in [3.63, 3.8) is 0 Å². The van der Waals surface area contributed by atoms with Gasteiger partial charge in [0.15, 0.2) is 6.04 Å². The minimum atomic E-state index is -1.60. The lowest BCUT2D eigenvalue weighted by Crippen LogP contribution is -2.60. The lowest BCUT2D eigenvalue weighted by atomic mass is 9.97. The van der Waals surface area contributed by atoms with Crippen LogP contribution in [0, 0.1) is 5.92 Å². The molecule has 12 nitrogen and oxygen atoms in total. The van der Waals surface area contributed by atoms with Gasteiger partial charge in [0.05, 0.1) is 18.6 Å². The highest BCUT2D eigenvalue weighted by molar-refractivity contribution is 7.98. The molecule has 0 aliphatic carbocycles. The molecule has 0 spiro atoms. The summed E-state index contributed by atoms with van der Waals surface area (Å²) < 4.78 is 0. The molecular weight excluding hydrogens is 444 g/mol. The minimum absolute atomic E-state index is 0.322. The van der Waals surface area contributed by atoms with Crippen LogP contribution in [0.1, 0.15) is 40.0 Å². The van der Waals surface area contributed by atoms with E-state index in [4.69, 9.17) is 15.9 Å². The average Bonchev–Trinajstić information content (AvgIpc) is 2.71. The summed E-state index contributed by atoms with van der Waals surface area (Å²) in [5.74, 6) is -5.18. The standard InChI is InChI=1S/C19H34N4O8S/c1-5-9(2)14(18(29)23-15(10(3)24)19(30)31)22-17(28)12(8-13(25)26)21-16(27)11(20)6-7-32-4/h9-12,14-15,24H,5-8,20H2,1-4H3,(H,21,27)(H,22,28)(H,23,29)(H,25,26)(H,30,31). The molecule has 0 radical (unpaired) electrons. The Bertz CT molecular complexity index is 676. The van der Waals surface area contributed by atoms with Crippen molar-refractivity contribution in [1.29, 1.82) is 0 Å². The van der Waals surface area contributed by atoms with Crippen molar-refractivity contribution in [3.8, 4) is 0 Å². The number of nitrogens with one attached hydrogen (secondary N) is 3. The lowest BCUT2D eigenvalue weighted by molar-refractivity contribution is -0.146. The third-order valence-electron chi connectivity index (χ3n) is 4.82. The molecule has 0 rings (SSSR count). The number of carboxylic acid groups (broad SMARTS) is 2. The van der Waals surface area contributed by atoms with Crippen LogP contribution in [-0.4, -0.2) is 87.3 Å². The normalized spacial score (nSPS) is 16.6. The Labute approximate surface area is 191 Å². The molecule has 0 aliphatic rings. The third-order valence-corrected chi connectivity index (χ3v) is 5.46. The summed E-state index contributed by atoms with van der Waals surface area (Å²) in [5.41, 5.74) is 5.77. The zero-order valence-electron chi connectivity index (χ0n) is 18.7. The number of aliphatic hydroxyl groups is 1. The van der Waals surface area contributed by atoms with Crippen LogP contribution in [-0.2, 0) is 24.0 Å². The van der Waals surface area contributed by atoms with Crippen molar-refractivity contribution in [1.82, 2.24) is 16.0 Å². The average molecular weight is 479 g/mol. The summed E-state index contributed by atoms with van der Waals surface area (Å²) in [5, 5.41) is 34.7. The van der Waals surface area contributed by atoms with Crippen LogP contribution in [0.5, 0.6) is 0 Å². The quantitative estimate of drug-likeness (QED) is 0.145. The summed E-state index contributed by atoms with van der Waals surface area (Å²) in [6.45, 7) is 4.56. The topological polar surface area (TPSA) is 208 Å². The largest absolute Gasteiger partial charge is 0.481 e. The van der Waals surface area contributed by atoms with E-state index in [0.29, 0.717) is 18.6 Å². The maximum atomic E-state index is 12.8. The highest BCUT2D eigenvalue weighted by Crippen LogP contribution is 2.10. The maximum absolute atomic E-state index is 12.8. The fraction of sp³-hybridized carbons (Fsp3) is 0.737. The molecule has 0 heterocycles. The van der Waals surface area contributed by atoms with Crippen molar-refractivity contribution in [3.05, 3.63) is 0 Å². The molecule has 13 heteroatoms. The first-order valence-corrected chi connectivity index (χ1v) is 11.5. The molecule has 0 saturated carbocycles. The number of carbonyl (C=O) groups is 5. The SMILES string of the molecule is CCC(C)C(NC(=O)C(CC(=O)O)NC(=O)C(N)CCSC)C(=O)NC(C(=O)O)C(C)O. The van der Waals surface area contributed by atoms with Gasteiger partial charge in [-0.1, -0.05) is 20.3 Å². The van der Waals surface area contributed by atoms with E-state index in [1.807, 2.05) is 6.26 Å². The molecule has 6 atom stereocenters. The smallest absolute Gasteiger partial charge is 0.328 e. The minimum Gasteiger partial charge on any atom is -0.481 e. The molecule has 0 saturated heterocycles. The summed E-state index contributed by atoms with van der Waals surface area (Å²) in [6, 6.07) is -5.27. The summed E-state index contributed by atoms with van der Waals surface area (Å²) in [7, 11) is 0. The van der Waals surface area contributed by atoms with E-state index in [1.165, 1.54) is 18.7 Å². The van der Waals surface area contributed by atoms with Gasteiger partial charge in [-0.3, -0.25) is 19.2 Å². The molecule has 8 N–H and O–H groups in total. The van der Waals surface area contributed by atoms with Crippen LogP contribution in [0.2, 0.25) is 0 Å². The van der Waals surface area contributed by atoms with Gasteiger partial charge in [-0.15, -0.1) is 0 Å². The number of rotatable bonds is 15. The lowest BCUT2D eigenvalue weighted by Gasteiger charge is -2.28. The molecule has 0 aromatic heterocycles. The number of hydrogen-bond acceptors (Lipinski definition) is 8. The van der Waals surface area contributed by atoms with Gasteiger partial charge in [0.2, 0.25) is 17.7 Å². The zero-order chi connectivity index (χ0) is 25.0. The van der Waals surface area contributed by atoms with Gasteiger partial charge in [-0.05, 0) is 31.3 Å². The Morgan fingerprint density at radius 2 is 1.50 bits per heavy atom. The summed E-state index contributed by atoms with van der Waals surface area (Å²) in [6.07, 6.45) is 0.430. The summed E-state index contributed by atoms with van der Waals surface area (Å²) >= 11 is 1.47. The van der Waals surface area contributed by atoms with Crippen molar-refractivity contribution in [2.24, 2.45) is 11.7 Å². The van der Waals surface area contributed by atoms with E-state index in [0.717, 1.165) is 0 Å². The van der Waals surface area contributed by atoms with Crippen LogP contribution in [0.4, 0.5) is 0 Å².